The highest BCUT2D eigenvalue weighted by atomic mass is 32.1. The van der Waals surface area contributed by atoms with Crippen LogP contribution in [0.4, 0.5) is 5.69 Å². The number of anilines is 1. The van der Waals surface area contributed by atoms with Crippen LogP contribution in [-0.4, -0.2) is 22.9 Å². The fourth-order valence-corrected chi connectivity index (χ4v) is 4.49. The molecule has 2 aromatic carbocycles. The molecule has 1 N–H and O–H groups in total. The molecule has 0 fully saturated rings. The first kappa shape index (κ1) is 21.1. The minimum Gasteiger partial charge on any atom is -0.493 e. The number of furan rings is 1. The number of aromatic nitrogens is 1. The maximum absolute atomic E-state index is 13.4. The van der Waals surface area contributed by atoms with E-state index in [4.69, 9.17) is 13.9 Å². The van der Waals surface area contributed by atoms with Gasteiger partial charge in [-0.05, 0) is 48.9 Å². The minimum atomic E-state index is -0.401. The van der Waals surface area contributed by atoms with Crippen LogP contribution in [-0.2, 0) is 13.2 Å². The molecule has 0 unspecified atom stereocenters. The summed E-state index contributed by atoms with van der Waals surface area (Å²) in [5.41, 5.74) is 3.18. The van der Waals surface area contributed by atoms with E-state index in [2.05, 4.69) is 10.3 Å². The lowest BCUT2D eigenvalue weighted by atomic mass is 10.0. The lowest BCUT2D eigenvalue weighted by Gasteiger charge is -2.37. The molecule has 4 aromatic rings. The summed E-state index contributed by atoms with van der Waals surface area (Å²) in [6.07, 6.45) is 1.21. The number of fused-ring (bicyclic) bond motifs is 1. The third-order valence-electron chi connectivity index (χ3n) is 5.47. The van der Waals surface area contributed by atoms with Crippen molar-refractivity contribution in [2.75, 3.05) is 12.4 Å². The number of hydrogen-bond acceptors (Lipinski definition) is 7. The number of carbonyl (C=O) groups excluding carboxylic acids is 1. The molecule has 0 saturated heterocycles. The molecule has 1 aliphatic heterocycles. The summed E-state index contributed by atoms with van der Waals surface area (Å²) in [5.74, 6) is 1.85. The van der Waals surface area contributed by atoms with Crippen molar-refractivity contribution >= 4 is 22.9 Å². The first-order chi connectivity index (χ1) is 16.1. The number of hydrogen-bond donors (Lipinski definition) is 1. The van der Waals surface area contributed by atoms with Crippen molar-refractivity contribution in [3.8, 4) is 11.5 Å². The van der Waals surface area contributed by atoms with Gasteiger partial charge >= 0.3 is 0 Å². The zero-order valence-corrected chi connectivity index (χ0v) is 19.1. The minimum absolute atomic E-state index is 0.0658. The first-order valence-electron chi connectivity index (χ1n) is 10.5. The van der Waals surface area contributed by atoms with E-state index in [-0.39, 0.29) is 5.91 Å². The zero-order valence-electron chi connectivity index (χ0n) is 18.3. The number of benzene rings is 2. The number of amides is 1. The molecule has 0 radical (unpaired) electrons. The van der Waals surface area contributed by atoms with Gasteiger partial charge in [0.2, 0.25) is 0 Å². The second-order valence-electron chi connectivity index (χ2n) is 7.66. The van der Waals surface area contributed by atoms with E-state index >= 15 is 0 Å². The van der Waals surface area contributed by atoms with Gasteiger partial charge in [0.05, 0.1) is 36.2 Å². The van der Waals surface area contributed by atoms with Crippen LogP contribution in [0.5, 0.6) is 11.5 Å². The molecule has 0 bridgehead atoms. The number of rotatable bonds is 7. The normalized spacial score (nSPS) is 15.2. The molecule has 1 atom stereocenters. The molecule has 5 rings (SSSR count). The average molecular weight is 462 g/mol. The molecule has 8 heteroatoms. The van der Waals surface area contributed by atoms with Crippen molar-refractivity contribution in [2.45, 2.75) is 26.2 Å². The molecule has 168 valence electrons. The van der Waals surface area contributed by atoms with E-state index in [1.807, 2.05) is 66.9 Å². The van der Waals surface area contributed by atoms with Crippen LogP contribution >= 0.6 is 11.3 Å². The van der Waals surface area contributed by atoms with Gasteiger partial charge < -0.3 is 24.1 Å². The monoisotopic (exact) mass is 461 g/mol. The maximum Gasteiger partial charge on any atom is 0.258 e. The van der Waals surface area contributed by atoms with E-state index < -0.39 is 6.17 Å². The Morgan fingerprint density at radius 2 is 2.03 bits per heavy atom. The van der Waals surface area contributed by atoms with Gasteiger partial charge in [-0.2, -0.15) is 0 Å². The number of aryl methyl sites for hydroxylation is 1. The summed E-state index contributed by atoms with van der Waals surface area (Å²) in [6.45, 7) is 2.66. The Bertz CT molecular complexity index is 1270. The predicted molar refractivity (Wildman–Crippen MR) is 126 cm³/mol. The SMILES string of the molecule is COc1cc([C@H]2Nc3ccccc3C(=O)N2Cc2ccco2)ccc1OCc1csc(C)n1. The molecular weight excluding hydrogens is 438 g/mol. The summed E-state index contributed by atoms with van der Waals surface area (Å²) in [7, 11) is 1.61. The fourth-order valence-electron chi connectivity index (χ4n) is 3.89. The van der Waals surface area contributed by atoms with E-state index in [0.29, 0.717) is 36.0 Å². The van der Waals surface area contributed by atoms with Gasteiger partial charge in [-0.15, -0.1) is 11.3 Å². The van der Waals surface area contributed by atoms with Crippen molar-refractivity contribution in [3.05, 3.63) is 93.8 Å². The van der Waals surface area contributed by atoms with Gasteiger partial charge in [0, 0.05) is 11.1 Å². The molecule has 0 saturated carbocycles. The fraction of sp³-hybridized carbons (Fsp3) is 0.200. The molecular formula is C25H23N3O4S. The Kier molecular flexibility index (Phi) is 5.75. The summed E-state index contributed by atoms with van der Waals surface area (Å²) in [4.78, 5) is 19.6. The number of nitrogens with one attached hydrogen (secondary N) is 1. The summed E-state index contributed by atoms with van der Waals surface area (Å²) >= 11 is 1.59. The summed E-state index contributed by atoms with van der Waals surface area (Å²) in [6, 6.07) is 16.9. The Balaban J connectivity index is 1.45. The van der Waals surface area contributed by atoms with Crippen LogP contribution in [0, 0.1) is 6.92 Å². The number of ether oxygens (including phenoxy) is 2. The molecule has 0 aliphatic carbocycles. The van der Waals surface area contributed by atoms with Crippen molar-refractivity contribution in [1.29, 1.82) is 0 Å². The topological polar surface area (TPSA) is 76.8 Å². The second-order valence-corrected chi connectivity index (χ2v) is 8.72. The maximum atomic E-state index is 13.4. The predicted octanol–water partition coefficient (Wildman–Crippen LogP) is 5.40. The molecule has 2 aromatic heterocycles. The Morgan fingerprint density at radius 1 is 1.15 bits per heavy atom. The highest BCUT2D eigenvalue weighted by molar-refractivity contribution is 7.09. The standard InChI is InChI=1S/C25H23N3O4S/c1-16-26-18(15-33-16)14-32-22-10-9-17(12-23(22)30-2)24-27-21-8-4-3-7-20(21)25(29)28(24)13-19-6-5-11-31-19/h3-12,15,24,27H,13-14H2,1-2H3/t24-/m0/s1. The molecule has 7 nitrogen and oxygen atoms in total. The van der Waals surface area contributed by atoms with Gasteiger partial charge in [-0.1, -0.05) is 18.2 Å². The van der Waals surface area contributed by atoms with Crippen LogP contribution in [0.2, 0.25) is 0 Å². The lowest BCUT2D eigenvalue weighted by Crippen LogP contribution is -2.42. The number of para-hydroxylation sites is 1. The van der Waals surface area contributed by atoms with Crippen LogP contribution in [0.25, 0.3) is 0 Å². The van der Waals surface area contributed by atoms with Crippen molar-refractivity contribution in [1.82, 2.24) is 9.88 Å². The number of thiazole rings is 1. The van der Waals surface area contributed by atoms with Gasteiger partial charge in [0.15, 0.2) is 11.5 Å². The van der Waals surface area contributed by atoms with Crippen LogP contribution in [0.3, 0.4) is 0 Å². The number of methoxy groups -OCH3 is 1. The molecule has 3 heterocycles. The lowest BCUT2D eigenvalue weighted by molar-refractivity contribution is 0.0651. The van der Waals surface area contributed by atoms with Gasteiger partial charge in [-0.25, -0.2) is 4.98 Å². The third-order valence-corrected chi connectivity index (χ3v) is 6.30. The van der Waals surface area contributed by atoms with Gasteiger partial charge in [-0.3, -0.25) is 4.79 Å². The Labute approximate surface area is 195 Å². The molecule has 1 amide bonds. The highest BCUT2D eigenvalue weighted by Crippen LogP contribution is 2.38. The van der Waals surface area contributed by atoms with E-state index in [0.717, 1.165) is 22.0 Å². The van der Waals surface area contributed by atoms with Crippen LogP contribution < -0.4 is 14.8 Å². The third kappa shape index (κ3) is 4.29. The van der Waals surface area contributed by atoms with Crippen molar-refractivity contribution < 1.29 is 18.7 Å². The van der Waals surface area contributed by atoms with E-state index in [1.165, 1.54) is 0 Å². The summed E-state index contributed by atoms with van der Waals surface area (Å²) < 4.78 is 17.1. The Hall–Kier alpha value is -3.78. The second kappa shape index (κ2) is 8.99. The smallest absolute Gasteiger partial charge is 0.258 e. The Morgan fingerprint density at radius 3 is 2.79 bits per heavy atom. The number of nitrogens with zero attached hydrogens (tertiary/aromatic N) is 2. The van der Waals surface area contributed by atoms with Gasteiger partial charge in [0.1, 0.15) is 18.5 Å². The molecule has 33 heavy (non-hydrogen) atoms. The highest BCUT2D eigenvalue weighted by Gasteiger charge is 2.33. The van der Waals surface area contributed by atoms with Crippen LogP contribution in [0.15, 0.2) is 70.7 Å². The largest absolute Gasteiger partial charge is 0.493 e. The van der Waals surface area contributed by atoms with E-state index in [1.54, 1.807) is 29.6 Å². The van der Waals surface area contributed by atoms with Crippen molar-refractivity contribution in [2.24, 2.45) is 0 Å². The quantitative estimate of drug-likeness (QED) is 0.397. The molecule has 1 aliphatic rings. The van der Waals surface area contributed by atoms with E-state index in [9.17, 15) is 4.79 Å². The van der Waals surface area contributed by atoms with Crippen LogP contribution in [0.1, 0.15) is 38.5 Å². The zero-order chi connectivity index (χ0) is 22.8. The van der Waals surface area contributed by atoms with Crippen molar-refractivity contribution in [3.63, 3.8) is 0 Å². The first-order valence-corrected chi connectivity index (χ1v) is 11.4. The van der Waals surface area contributed by atoms with Gasteiger partial charge in [0.25, 0.3) is 5.91 Å². The number of carbonyl (C=O) groups is 1. The average Bonchev–Trinajstić information content (AvgIpc) is 3.51. The molecule has 0 spiro atoms. The summed E-state index contributed by atoms with van der Waals surface area (Å²) in [5, 5.41) is 6.48.